The second-order valence-electron chi connectivity index (χ2n) is 3.47. The van der Waals surface area contributed by atoms with Gasteiger partial charge in [0.15, 0.2) is 0 Å². The number of hydrogen-bond donors (Lipinski definition) is 1. The molecule has 2 heteroatoms. The van der Waals surface area contributed by atoms with Crippen LogP contribution in [0.1, 0.15) is 30.0 Å². The summed E-state index contributed by atoms with van der Waals surface area (Å²) in [6.45, 7) is 5.53. The van der Waals surface area contributed by atoms with Gasteiger partial charge in [0.25, 0.3) is 0 Å². The average Bonchev–Trinajstić information content (AvgIpc) is 2.14. The Morgan fingerprint density at radius 3 is 2.86 bits per heavy atom. The number of benzene rings is 1. The van der Waals surface area contributed by atoms with Crippen LogP contribution in [0.4, 0.5) is 4.39 Å². The maximum Gasteiger partial charge on any atom is 0.123 e. The molecule has 1 nitrogen and oxygen atoms in total. The predicted octanol–water partition coefficient (Wildman–Crippen LogP) is 3.10. The summed E-state index contributed by atoms with van der Waals surface area (Å²) >= 11 is 0. The summed E-state index contributed by atoms with van der Waals surface area (Å²) in [5.74, 6) is -0.206. The molecule has 1 rings (SSSR count). The van der Waals surface area contributed by atoms with E-state index in [1.807, 2.05) is 13.0 Å². The van der Waals surface area contributed by atoms with Gasteiger partial charge in [0, 0.05) is 6.04 Å². The molecule has 0 aromatic heterocycles. The molecule has 0 saturated heterocycles. The number of aryl methyl sites for hydroxylation is 1. The molecule has 0 amide bonds. The fraction of sp³-hybridized carbons (Fsp3) is 0.333. The van der Waals surface area contributed by atoms with Gasteiger partial charge in [-0.05, 0) is 43.0 Å². The van der Waals surface area contributed by atoms with Gasteiger partial charge in [-0.1, -0.05) is 12.1 Å². The van der Waals surface area contributed by atoms with E-state index in [0.29, 0.717) is 0 Å². The first-order valence-electron chi connectivity index (χ1n) is 4.77. The van der Waals surface area contributed by atoms with Crippen LogP contribution < -0.4 is 5.73 Å². The summed E-state index contributed by atoms with van der Waals surface area (Å²) in [6.07, 6.45) is 3.59. The zero-order valence-corrected chi connectivity index (χ0v) is 8.46. The van der Waals surface area contributed by atoms with Crippen LogP contribution in [-0.2, 0) is 0 Å². The molecule has 0 bridgehead atoms. The van der Waals surface area contributed by atoms with Crippen molar-refractivity contribution in [1.29, 1.82) is 0 Å². The van der Waals surface area contributed by atoms with Gasteiger partial charge < -0.3 is 5.73 Å². The van der Waals surface area contributed by atoms with Crippen LogP contribution in [0.25, 0.3) is 0 Å². The van der Waals surface area contributed by atoms with E-state index in [-0.39, 0.29) is 11.9 Å². The van der Waals surface area contributed by atoms with Crippen molar-refractivity contribution in [2.24, 2.45) is 5.73 Å². The molecular weight excluding hydrogens is 177 g/mol. The van der Waals surface area contributed by atoms with E-state index in [0.717, 1.165) is 24.0 Å². The Bertz CT molecular complexity index is 320. The lowest BCUT2D eigenvalue weighted by Crippen LogP contribution is -2.11. The van der Waals surface area contributed by atoms with Crippen molar-refractivity contribution in [3.63, 3.8) is 0 Å². The van der Waals surface area contributed by atoms with E-state index >= 15 is 0 Å². The Morgan fingerprint density at radius 2 is 2.29 bits per heavy atom. The molecule has 2 N–H and O–H groups in total. The van der Waals surface area contributed by atoms with Gasteiger partial charge in [-0.25, -0.2) is 4.39 Å². The SMILES string of the molecule is C=CCC[C@H](N)c1ccc(F)cc1C. The standard InChI is InChI=1S/C12H16FN/c1-3-4-5-12(14)11-7-6-10(13)8-9(11)2/h3,6-8,12H,1,4-5,14H2,2H3/t12-/m0/s1. The fourth-order valence-electron chi connectivity index (χ4n) is 1.51. The van der Waals surface area contributed by atoms with Crippen LogP contribution in [0.2, 0.25) is 0 Å². The largest absolute Gasteiger partial charge is 0.324 e. The highest BCUT2D eigenvalue weighted by Gasteiger charge is 2.08. The topological polar surface area (TPSA) is 26.0 Å². The third kappa shape index (κ3) is 2.67. The van der Waals surface area contributed by atoms with Gasteiger partial charge in [-0.2, -0.15) is 0 Å². The van der Waals surface area contributed by atoms with Crippen LogP contribution >= 0.6 is 0 Å². The molecule has 0 fully saturated rings. The first-order chi connectivity index (χ1) is 6.65. The summed E-state index contributed by atoms with van der Waals surface area (Å²) < 4.78 is 12.8. The average molecular weight is 193 g/mol. The van der Waals surface area contributed by atoms with E-state index in [1.165, 1.54) is 12.1 Å². The molecule has 1 aromatic rings. The van der Waals surface area contributed by atoms with Crippen molar-refractivity contribution in [3.8, 4) is 0 Å². The molecule has 0 aliphatic heterocycles. The van der Waals surface area contributed by atoms with Gasteiger partial charge in [-0.3, -0.25) is 0 Å². The maximum absolute atomic E-state index is 12.8. The zero-order valence-electron chi connectivity index (χ0n) is 8.46. The van der Waals surface area contributed by atoms with Gasteiger partial charge in [0.1, 0.15) is 5.82 Å². The van der Waals surface area contributed by atoms with E-state index in [1.54, 1.807) is 6.07 Å². The Balaban J connectivity index is 2.78. The summed E-state index contributed by atoms with van der Waals surface area (Å²) in [5, 5.41) is 0. The highest BCUT2D eigenvalue weighted by molar-refractivity contribution is 5.29. The maximum atomic E-state index is 12.8. The van der Waals surface area contributed by atoms with Crippen LogP contribution in [-0.4, -0.2) is 0 Å². The molecule has 0 aliphatic carbocycles. The molecule has 1 aromatic carbocycles. The first-order valence-corrected chi connectivity index (χ1v) is 4.77. The lowest BCUT2D eigenvalue weighted by Gasteiger charge is -2.13. The molecule has 0 saturated carbocycles. The molecule has 0 unspecified atom stereocenters. The smallest absolute Gasteiger partial charge is 0.123 e. The predicted molar refractivity (Wildman–Crippen MR) is 57.5 cm³/mol. The van der Waals surface area contributed by atoms with Crippen molar-refractivity contribution in [2.45, 2.75) is 25.8 Å². The molecule has 14 heavy (non-hydrogen) atoms. The molecule has 1 atom stereocenters. The fourth-order valence-corrected chi connectivity index (χ4v) is 1.51. The minimum atomic E-state index is -0.206. The Morgan fingerprint density at radius 1 is 1.57 bits per heavy atom. The van der Waals surface area contributed by atoms with Crippen molar-refractivity contribution in [1.82, 2.24) is 0 Å². The van der Waals surface area contributed by atoms with Crippen LogP contribution in [0.3, 0.4) is 0 Å². The Kier molecular flexibility index (Phi) is 3.84. The quantitative estimate of drug-likeness (QED) is 0.730. The van der Waals surface area contributed by atoms with Crippen molar-refractivity contribution < 1.29 is 4.39 Å². The van der Waals surface area contributed by atoms with E-state index in [2.05, 4.69) is 6.58 Å². The van der Waals surface area contributed by atoms with Crippen LogP contribution in [0, 0.1) is 12.7 Å². The normalized spacial score (nSPS) is 12.5. The molecule has 0 radical (unpaired) electrons. The van der Waals surface area contributed by atoms with Crippen LogP contribution in [0.5, 0.6) is 0 Å². The third-order valence-corrected chi connectivity index (χ3v) is 2.31. The Labute approximate surface area is 84.4 Å². The Hall–Kier alpha value is -1.15. The molecular formula is C12H16FN. The van der Waals surface area contributed by atoms with Crippen molar-refractivity contribution in [2.75, 3.05) is 0 Å². The number of allylic oxidation sites excluding steroid dienone is 1. The summed E-state index contributed by atoms with van der Waals surface area (Å²) in [5.41, 5.74) is 7.90. The lowest BCUT2D eigenvalue weighted by atomic mass is 9.98. The second kappa shape index (κ2) is 4.91. The van der Waals surface area contributed by atoms with E-state index in [9.17, 15) is 4.39 Å². The van der Waals surface area contributed by atoms with Gasteiger partial charge in [0.05, 0.1) is 0 Å². The molecule has 0 spiro atoms. The number of nitrogens with two attached hydrogens (primary N) is 1. The highest BCUT2D eigenvalue weighted by Crippen LogP contribution is 2.20. The zero-order chi connectivity index (χ0) is 10.6. The van der Waals surface area contributed by atoms with Crippen LogP contribution in [0.15, 0.2) is 30.9 Å². The van der Waals surface area contributed by atoms with Gasteiger partial charge in [0.2, 0.25) is 0 Å². The minimum absolute atomic E-state index is 0.0198. The summed E-state index contributed by atoms with van der Waals surface area (Å²) in [7, 11) is 0. The molecule has 0 aliphatic rings. The number of rotatable bonds is 4. The minimum Gasteiger partial charge on any atom is -0.324 e. The first kappa shape index (κ1) is 10.9. The molecule has 76 valence electrons. The second-order valence-corrected chi connectivity index (χ2v) is 3.47. The third-order valence-electron chi connectivity index (χ3n) is 2.31. The highest BCUT2D eigenvalue weighted by atomic mass is 19.1. The summed E-state index contributed by atoms with van der Waals surface area (Å²) in [4.78, 5) is 0. The monoisotopic (exact) mass is 193 g/mol. The van der Waals surface area contributed by atoms with E-state index < -0.39 is 0 Å². The van der Waals surface area contributed by atoms with E-state index in [4.69, 9.17) is 5.73 Å². The van der Waals surface area contributed by atoms with Crippen molar-refractivity contribution in [3.05, 3.63) is 47.8 Å². The van der Waals surface area contributed by atoms with Gasteiger partial charge in [-0.15, -0.1) is 6.58 Å². The lowest BCUT2D eigenvalue weighted by molar-refractivity contribution is 0.617. The number of hydrogen-bond acceptors (Lipinski definition) is 1. The summed E-state index contributed by atoms with van der Waals surface area (Å²) in [6, 6.07) is 4.71. The van der Waals surface area contributed by atoms with Gasteiger partial charge >= 0.3 is 0 Å². The van der Waals surface area contributed by atoms with Crippen molar-refractivity contribution >= 4 is 0 Å². The molecule has 0 heterocycles. The number of halogens is 1.